The molecule has 0 saturated carbocycles. The van der Waals surface area contributed by atoms with Crippen molar-refractivity contribution in [2.75, 3.05) is 19.0 Å². The molecule has 0 amide bonds. The average Bonchev–Trinajstić information content (AvgIpc) is 1.87. The SMILES string of the molecule is CC(O)COCC(S)CS. The summed E-state index contributed by atoms with van der Waals surface area (Å²) in [6.45, 7) is 2.62. The van der Waals surface area contributed by atoms with Crippen LogP contribution in [0.3, 0.4) is 0 Å². The third kappa shape index (κ3) is 6.74. The Hall–Kier alpha value is 0.620. The Morgan fingerprint density at radius 3 is 2.50 bits per heavy atom. The summed E-state index contributed by atoms with van der Waals surface area (Å²) in [5.74, 6) is 0.697. The van der Waals surface area contributed by atoms with Gasteiger partial charge in [-0.05, 0) is 6.92 Å². The van der Waals surface area contributed by atoms with Crippen molar-refractivity contribution in [2.45, 2.75) is 18.3 Å². The minimum atomic E-state index is -0.388. The maximum Gasteiger partial charge on any atom is 0.0745 e. The van der Waals surface area contributed by atoms with E-state index in [4.69, 9.17) is 9.84 Å². The molecule has 0 aliphatic carbocycles. The molecular formula is C6H14O2S2. The smallest absolute Gasteiger partial charge is 0.0745 e. The Morgan fingerprint density at radius 1 is 1.50 bits per heavy atom. The first-order valence-electron chi connectivity index (χ1n) is 3.21. The first-order chi connectivity index (χ1) is 4.66. The monoisotopic (exact) mass is 182 g/mol. The van der Waals surface area contributed by atoms with Gasteiger partial charge in [0.2, 0.25) is 0 Å². The van der Waals surface area contributed by atoms with Gasteiger partial charge in [0.25, 0.3) is 0 Å². The molecule has 0 heterocycles. The van der Waals surface area contributed by atoms with E-state index >= 15 is 0 Å². The van der Waals surface area contributed by atoms with Gasteiger partial charge in [-0.2, -0.15) is 25.3 Å². The molecule has 62 valence electrons. The zero-order valence-corrected chi connectivity index (χ0v) is 7.81. The first-order valence-corrected chi connectivity index (χ1v) is 4.36. The summed E-state index contributed by atoms with van der Waals surface area (Å²) in [6, 6.07) is 0. The van der Waals surface area contributed by atoms with Crippen LogP contribution in [-0.4, -0.2) is 35.4 Å². The highest BCUT2D eigenvalue weighted by atomic mass is 32.1. The second-order valence-electron chi connectivity index (χ2n) is 2.22. The molecule has 0 saturated heterocycles. The van der Waals surface area contributed by atoms with Crippen LogP contribution in [0.1, 0.15) is 6.92 Å². The Labute approximate surface area is 72.8 Å². The van der Waals surface area contributed by atoms with Crippen molar-refractivity contribution in [3.05, 3.63) is 0 Å². The van der Waals surface area contributed by atoms with Crippen molar-refractivity contribution in [1.29, 1.82) is 0 Å². The largest absolute Gasteiger partial charge is 0.391 e. The zero-order chi connectivity index (χ0) is 7.98. The van der Waals surface area contributed by atoms with Crippen LogP contribution in [-0.2, 0) is 4.74 Å². The van der Waals surface area contributed by atoms with Crippen molar-refractivity contribution < 1.29 is 9.84 Å². The van der Waals surface area contributed by atoms with Gasteiger partial charge in [-0.25, -0.2) is 0 Å². The molecule has 0 bridgehead atoms. The lowest BCUT2D eigenvalue weighted by molar-refractivity contribution is 0.0486. The van der Waals surface area contributed by atoms with Gasteiger partial charge in [0.05, 0.1) is 19.3 Å². The molecule has 0 fully saturated rings. The van der Waals surface area contributed by atoms with E-state index in [9.17, 15) is 0 Å². The number of hydrogen-bond donors (Lipinski definition) is 3. The summed E-state index contributed by atoms with van der Waals surface area (Å²) in [6.07, 6.45) is -0.388. The Balaban J connectivity index is 3.03. The molecule has 0 aliphatic rings. The molecule has 2 unspecified atom stereocenters. The summed E-state index contributed by atoms with van der Waals surface area (Å²) in [5, 5.41) is 8.94. The van der Waals surface area contributed by atoms with E-state index in [1.54, 1.807) is 6.92 Å². The van der Waals surface area contributed by atoms with Gasteiger partial charge in [0.15, 0.2) is 0 Å². The van der Waals surface area contributed by atoms with Gasteiger partial charge in [-0.1, -0.05) is 0 Å². The van der Waals surface area contributed by atoms with Gasteiger partial charge in [-0.3, -0.25) is 0 Å². The molecule has 0 aliphatic heterocycles. The Morgan fingerprint density at radius 2 is 2.10 bits per heavy atom. The van der Waals surface area contributed by atoms with Crippen LogP contribution in [0.4, 0.5) is 0 Å². The van der Waals surface area contributed by atoms with Gasteiger partial charge in [0, 0.05) is 11.0 Å². The summed E-state index contributed by atoms with van der Waals surface area (Å²) >= 11 is 8.17. The molecule has 0 aromatic carbocycles. The van der Waals surface area contributed by atoms with Crippen LogP contribution in [0, 0.1) is 0 Å². The molecule has 2 atom stereocenters. The Kier molecular flexibility index (Phi) is 6.73. The summed E-state index contributed by atoms with van der Waals surface area (Å²) in [7, 11) is 0. The van der Waals surface area contributed by atoms with Crippen molar-refractivity contribution in [1.82, 2.24) is 0 Å². The van der Waals surface area contributed by atoms with Gasteiger partial charge >= 0.3 is 0 Å². The highest BCUT2D eigenvalue weighted by Crippen LogP contribution is 1.98. The van der Waals surface area contributed by atoms with Crippen LogP contribution in [0.15, 0.2) is 0 Å². The molecule has 4 heteroatoms. The van der Waals surface area contributed by atoms with Crippen molar-refractivity contribution >= 4 is 25.3 Å². The van der Waals surface area contributed by atoms with Gasteiger partial charge < -0.3 is 9.84 Å². The second kappa shape index (κ2) is 6.34. The van der Waals surface area contributed by atoms with E-state index in [1.165, 1.54) is 0 Å². The van der Waals surface area contributed by atoms with Crippen molar-refractivity contribution in [2.24, 2.45) is 0 Å². The number of thiol groups is 2. The summed E-state index contributed by atoms with van der Waals surface area (Å²) < 4.78 is 5.07. The highest BCUT2D eigenvalue weighted by molar-refractivity contribution is 7.84. The first kappa shape index (κ1) is 10.6. The fourth-order valence-electron chi connectivity index (χ4n) is 0.427. The zero-order valence-electron chi connectivity index (χ0n) is 6.03. The van der Waals surface area contributed by atoms with Gasteiger partial charge in [0.1, 0.15) is 0 Å². The normalized spacial score (nSPS) is 16.8. The predicted octanol–water partition coefficient (Wildman–Crippen LogP) is 0.612. The Bertz CT molecular complexity index is 78.1. The predicted molar refractivity (Wildman–Crippen MR) is 49.1 cm³/mol. The minimum Gasteiger partial charge on any atom is -0.391 e. The standard InChI is InChI=1S/C6H14O2S2/c1-5(7)2-8-3-6(10)4-9/h5-7,9-10H,2-4H2,1H3. The van der Waals surface area contributed by atoms with E-state index in [2.05, 4.69) is 25.3 Å². The van der Waals surface area contributed by atoms with E-state index in [-0.39, 0.29) is 11.4 Å². The fourth-order valence-corrected chi connectivity index (χ4v) is 0.638. The van der Waals surface area contributed by atoms with E-state index in [1.807, 2.05) is 0 Å². The highest BCUT2D eigenvalue weighted by Gasteiger charge is 2.00. The maximum atomic E-state index is 8.77. The van der Waals surface area contributed by atoms with Crippen LogP contribution in [0.2, 0.25) is 0 Å². The quantitative estimate of drug-likeness (QED) is 0.544. The lowest BCUT2D eigenvalue weighted by Crippen LogP contribution is -2.17. The van der Waals surface area contributed by atoms with Crippen LogP contribution in [0.25, 0.3) is 0 Å². The maximum absolute atomic E-state index is 8.77. The lowest BCUT2D eigenvalue weighted by atomic mass is 10.4. The molecular weight excluding hydrogens is 168 g/mol. The topological polar surface area (TPSA) is 29.5 Å². The molecule has 0 aromatic heterocycles. The molecule has 0 aromatic rings. The molecule has 2 nitrogen and oxygen atoms in total. The molecule has 10 heavy (non-hydrogen) atoms. The van der Waals surface area contributed by atoms with E-state index in [0.29, 0.717) is 19.0 Å². The molecule has 0 radical (unpaired) electrons. The number of aliphatic hydroxyl groups is 1. The molecule has 1 N–H and O–H groups in total. The van der Waals surface area contributed by atoms with Gasteiger partial charge in [-0.15, -0.1) is 0 Å². The second-order valence-corrected chi connectivity index (χ2v) is 3.32. The van der Waals surface area contributed by atoms with Crippen LogP contribution < -0.4 is 0 Å². The number of ether oxygens (including phenoxy) is 1. The van der Waals surface area contributed by atoms with Crippen molar-refractivity contribution in [3.63, 3.8) is 0 Å². The third-order valence-electron chi connectivity index (χ3n) is 0.880. The molecule has 0 rings (SSSR count). The summed E-state index contributed by atoms with van der Waals surface area (Å²) in [5.41, 5.74) is 0. The van der Waals surface area contributed by atoms with Crippen LogP contribution >= 0.6 is 25.3 Å². The lowest BCUT2D eigenvalue weighted by Gasteiger charge is -2.09. The van der Waals surface area contributed by atoms with E-state index < -0.39 is 0 Å². The number of rotatable bonds is 5. The molecule has 0 spiro atoms. The van der Waals surface area contributed by atoms with Crippen LogP contribution in [0.5, 0.6) is 0 Å². The fraction of sp³-hybridized carbons (Fsp3) is 1.00. The third-order valence-corrected chi connectivity index (χ3v) is 1.94. The number of hydrogen-bond acceptors (Lipinski definition) is 4. The van der Waals surface area contributed by atoms with E-state index in [0.717, 1.165) is 0 Å². The number of aliphatic hydroxyl groups excluding tert-OH is 1. The minimum absolute atomic E-state index is 0.169. The van der Waals surface area contributed by atoms with Crippen molar-refractivity contribution in [3.8, 4) is 0 Å². The average molecular weight is 182 g/mol. The summed E-state index contributed by atoms with van der Waals surface area (Å²) in [4.78, 5) is 0.